The second-order valence-corrected chi connectivity index (χ2v) is 5.23. The second-order valence-electron chi connectivity index (χ2n) is 4.83. The predicted molar refractivity (Wildman–Crippen MR) is 74.7 cm³/mol. The molecule has 1 aliphatic heterocycles. The molecule has 1 saturated heterocycles. The first-order valence-electron chi connectivity index (χ1n) is 6.47. The Labute approximate surface area is 113 Å². The zero-order chi connectivity index (χ0) is 13.0. The second kappa shape index (κ2) is 6.30. The smallest absolute Gasteiger partial charge is 0.138 e. The Kier molecular flexibility index (Phi) is 4.72. The Morgan fingerprint density at radius 2 is 2.33 bits per heavy atom. The van der Waals surface area contributed by atoms with Gasteiger partial charge in [-0.15, -0.1) is 0 Å². The minimum absolute atomic E-state index is 0.133. The molecule has 1 unspecified atom stereocenters. The van der Waals surface area contributed by atoms with E-state index in [0.717, 1.165) is 37.4 Å². The van der Waals surface area contributed by atoms with Crippen molar-refractivity contribution in [1.29, 1.82) is 0 Å². The molecule has 0 aliphatic carbocycles. The number of anilines is 1. The van der Waals surface area contributed by atoms with Crippen LogP contribution in [0.5, 0.6) is 5.75 Å². The molecule has 1 aromatic rings. The van der Waals surface area contributed by atoms with Crippen molar-refractivity contribution in [3.05, 3.63) is 23.2 Å². The maximum atomic E-state index is 6.17. The molecule has 0 radical (unpaired) electrons. The zero-order valence-electron chi connectivity index (χ0n) is 10.9. The summed E-state index contributed by atoms with van der Waals surface area (Å²) in [7, 11) is 0. The van der Waals surface area contributed by atoms with Gasteiger partial charge in [0.1, 0.15) is 5.75 Å². The quantitative estimate of drug-likeness (QED) is 0.884. The fraction of sp³-hybridized carbons (Fsp3) is 0.571. The maximum absolute atomic E-state index is 6.17. The highest BCUT2D eigenvalue weighted by Crippen LogP contribution is 2.28. The van der Waals surface area contributed by atoms with Gasteiger partial charge in [0.05, 0.1) is 17.2 Å². The highest BCUT2D eigenvalue weighted by molar-refractivity contribution is 6.32. The molecule has 1 fully saturated rings. The molecule has 0 saturated carbocycles. The molecular weight excluding hydrogens is 250 g/mol. The lowest BCUT2D eigenvalue weighted by molar-refractivity contribution is 0.120. The van der Waals surface area contributed by atoms with Gasteiger partial charge in [-0.05, 0) is 44.9 Å². The van der Waals surface area contributed by atoms with Crippen LogP contribution in [-0.2, 0) is 4.74 Å². The van der Waals surface area contributed by atoms with E-state index in [0.29, 0.717) is 11.1 Å². The third-order valence-electron chi connectivity index (χ3n) is 2.85. The fourth-order valence-corrected chi connectivity index (χ4v) is 2.22. The summed E-state index contributed by atoms with van der Waals surface area (Å²) < 4.78 is 11.2. The van der Waals surface area contributed by atoms with Crippen molar-refractivity contribution >= 4 is 17.3 Å². The minimum Gasteiger partial charge on any atom is -0.489 e. The van der Waals surface area contributed by atoms with E-state index in [1.165, 1.54) is 0 Å². The lowest BCUT2D eigenvalue weighted by Crippen LogP contribution is -2.18. The molecule has 1 atom stereocenters. The molecule has 0 amide bonds. The molecule has 1 aromatic carbocycles. The van der Waals surface area contributed by atoms with Gasteiger partial charge in [0.25, 0.3) is 0 Å². The van der Waals surface area contributed by atoms with Gasteiger partial charge in [0.2, 0.25) is 0 Å². The predicted octanol–water partition coefficient (Wildman–Crippen LogP) is 3.72. The van der Waals surface area contributed by atoms with E-state index < -0.39 is 0 Å². The topological polar surface area (TPSA) is 30.5 Å². The largest absolute Gasteiger partial charge is 0.489 e. The molecule has 2 rings (SSSR count). The van der Waals surface area contributed by atoms with Gasteiger partial charge in [0.15, 0.2) is 0 Å². The number of ether oxygens (including phenoxy) is 2. The van der Waals surface area contributed by atoms with E-state index in [1.54, 1.807) is 0 Å². The average Bonchev–Trinajstić information content (AvgIpc) is 2.82. The third-order valence-corrected chi connectivity index (χ3v) is 3.15. The number of nitrogens with one attached hydrogen (secondary N) is 1. The molecule has 1 aliphatic rings. The summed E-state index contributed by atoms with van der Waals surface area (Å²) in [5.74, 6) is 0.731. The summed E-state index contributed by atoms with van der Waals surface area (Å²) in [4.78, 5) is 0. The van der Waals surface area contributed by atoms with Crippen molar-refractivity contribution in [3.8, 4) is 5.75 Å². The van der Waals surface area contributed by atoms with Gasteiger partial charge in [-0.3, -0.25) is 0 Å². The van der Waals surface area contributed by atoms with Crippen molar-refractivity contribution in [3.63, 3.8) is 0 Å². The molecule has 0 spiro atoms. The maximum Gasteiger partial charge on any atom is 0.138 e. The Bertz CT molecular complexity index is 389. The van der Waals surface area contributed by atoms with Crippen LogP contribution in [0.2, 0.25) is 5.02 Å². The molecular formula is C14H20ClNO2. The summed E-state index contributed by atoms with van der Waals surface area (Å²) in [5, 5.41) is 3.98. The van der Waals surface area contributed by atoms with Crippen LogP contribution < -0.4 is 10.1 Å². The SMILES string of the molecule is CC(C)Oc1ccc(NCC2CCCO2)cc1Cl. The lowest BCUT2D eigenvalue weighted by atomic mass is 10.2. The van der Waals surface area contributed by atoms with E-state index in [2.05, 4.69) is 5.32 Å². The molecule has 100 valence electrons. The first-order chi connectivity index (χ1) is 8.65. The number of hydrogen-bond donors (Lipinski definition) is 1. The van der Waals surface area contributed by atoms with Crippen LogP contribution in [0.4, 0.5) is 5.69 Å². The Morgan fingerprint density at radius 1 is 1.50 bits per heavy atom. The summed E-state index contributed by atoms with van der Waals surface area (Å²) in [6, 6.07) is 5.78. The fourth-order valence-electron chi connectivity index (χ4n) is 2.00. The van der Waals surface area contributed by atoms with Gasteiger partial charge >= 0.3 is 0 Å². The first-order valence-corrected chi connectivity index (χ1v) is 6.84. The van der Waals surface area contributed by atoms with Crippen LogP contribution >= 0.6 is 11.6 Å². The summed E-state index contributed by atoms with van der Waals surface area (Å²) >= 11 is 6.17. The normalized spacial score (nSPS) is 19.2. The van der Waals surface area contributed by atoms with E-state index in [4.69, 9.17) is 21.1 Å². The molecule has 0 bridgehead atoms. The van der Waals surface area contributed by atoms with Crippen molar-refractivity contribution in [2.75, 3.05) is 18.5 Å². The monoisotopic (exact) mass is 269 g/mol. The Balaban J connectivity index is 1.91. The first kappa shape index (κ1) is 13.5. The van der Waals surface area contributed by atoms with Crippen molar-refractivity contribution < 1.29 is 9.47 Å². The van der Waals surface area contributed by atoms with Crippen molar-refractivity contribution in [2.24, 2.45) is 0 Å². The minimum atomic E-state index is 0.133. The van der Waals surface area contributed by atoms with Crippen LogP contribution in [0.3, 0.4) is 0 Å². The zero-order valence-corrected chi connectivity index (χ0v) is 11.7. The van der Waals surface area contributed by atoms with E-state index in [1.807, 2.05) is 32.0 Å². The molecule has 1 N–H and O–H groups in total. The molecule has 4 heteroatoms. The summed E-state index contributed by atoms with van der Waals surface area (Å²) in [6.45, 7) is 5.69. The molecule has 1 heterocycles. The van der Waals surface area contributed by atoms with Crippen LogP contribution in [-0.4, -0.2) is 25.4 Å². The third kappa shape index (κ3) is 3.79. The highest BCUT2D eigenvalue weighted by atomic mass is 35.5. The van der Waals surface area contributed by atoms with Crippen molar-refractivity contribution in [2.45, 2.75) is 38.9 Å². The number of benzene rings is 1. The van der Waals surface area contributed by atoms with Gasteiger partial charge in [0, 0.05) is 18.8 Å². The van der Waals surface area contributed by atoms with Gasteiger partial charge in [-0.2, -0.15) is 0 Å². The Morgan fingerprint density at radius 3 is 2.94 bits per heavy atom. The van der Waals surface area contributed by atoms with Crippen LogP contribution in [0, 0.1) is 0 Å². The standard InChI is InChI=1S/C14H20ClNO2/c1-10(2)18-14-6-5-11(8-13(14)15)16-9-12-4-3-7-17-12/h5-6,8,10,12,16H,3-4,7,9H2,1-2H3. The van der Waals surface area contributed by atoms with Crippen LogP contribution in [0.1, 0.15) is 26.7 Å². The molecule has 18 heavy (non-hydrogen) atoms. The van der Waals surface area contributed by atoms with Gasteiger partial charge in [-0.25, -0.2) is 0 Å². The molecule has 3 nitrogen and oxygen atoms in total. The lowest BCUT2D eigenvalue weighted by Gasteiger charge is -2.14. The van der Waals surface area contributed by atoms with Gasteiger partial charge in [-0.1, -0.05) is 11.6 Å². The summed E-state index contributed by atoms with van der Waals surface area (Å²) in [6.07, 6.45) is 2.76. The molecule has 0 aromatic heterocycles. The highest BCUT2D eigenvalue weighted by Gasteiger charge is 2.15. The van der Waals surface area contributed by atoms with Crippen molar-refractivity contribution in [1.82, 2.24) is 0 Å². The Hall–Kier alpha value is -0.930. The van der Waals surface area contributed by atoms with Crippen LogP contribution in [0.25, 0.3) is 0 Å². The number of halogens is 1. The van der Waals surface area contributed by atoms with E-state index in [-0.39, 0.29) is 6.10 Å². The van der Waals surface area contributed by atoms with Crippen LogP contribution in [0.15, 0.2) is 18.2 Å². The average molecular weight is 270 g/mol. The van der Waals surface area contributed by atoms with E-state index >= 15 is 0 Å². The van der Waals surface area contributed by atoms with Gasteiger partial charge < -0.3 is 14.8 Å². The van der Waals surface area contributed by atoms with E-state index in [9.17, 15) is 0 Å². The summed E-state index contributed by atoms with van der Waals surface area (Å²) in [5.41, 5.74) is 1.01. The number of rotatable bonds is 5. The number of hydrogen-bond acceptors (Lipinski definition) is 3.